The number of amides is 1. The minimum atomic E-state index is -1.37. The van der Waals surface area contributed by atoms with Gasteiger partial charge in [0.1, 0.15) is 5.82 Å². The number of aliphatic hydroxyl groups is 1. The van der Waals surface area contributed by atoms with E-state index in [4.69, 9.17) is 28.2 Å². The molecule has 8 heteroatoms. The largest absolute Gasteiger partial charge is 0.378 e. The molecule has 2 aliphatic rings. The summed E-state index contributed by atoms with van der Waals surface area (Å²) in [6.07, 6.45) is 1.77. The van der Waals surface area contributed by atoms with Gasteiger partial charge in [-0.3, -0.25) is 9.59 Å². The van der Waals surface area contributed by atoms with Crippen molar-refractivity contribution in [3.05, 3.63) is 121 Å². The Morgan fingerprint density at radius 3 is 2.49 bits per heavy atom. The molecule has 1 amide bonds. The Morgan fingerprint density at radius 2 is 1.74 bits per heavy atom. The highest BCUT2D eigenvalue weighted by Gasteiger charge is 2.48. The number of halogens is 2. The van der Waals surface area contributed by atoms with Gasteiger partial charge in [0.15, 0.2) is 6.10 Å². The fourth-order valence-electron chi connectivity index (χ4n) is 5.46. The van der Waals surface area contributed by atoms with Gasteiger partial charge in [-0.1, -0.05) is 77.8 Å². The summed E-state index contributed by atoms with van der Waals surface area (Å²) >= 11 is 12.2. The van der Waals surface area contributed by atoms with E-state index < -0.39 is 12.0 Å². The lowest BCUT2D eigenvalue weighted by atomic mass is 9.94. The number of aliphatic hydroxyl groups excluding tert-OH is 1. The van der Waals surface area contributed by atoms with E-state index in [-0.39, 0.29) is 17.5 Å². The molecule has 0 spiro atoms. The molecular formula is C31H27Cl2N3O3. The van der Waals surface area contributed by atoms with Gasteiger partial charge >= 0.3 is 0 Å². The molecule has 0 bridgehead atoms. The average molecular weight is 560 g/mol. The molecule has 1 unspecified atom stereocenters. The van der Waals surface area contributed by atoms with Crippen molar-refractivity contribution in [2.75, 3.05) is 6.54 Å². The minimum absolute atomic E-state index is 0.110. The first-order valence-electron chi connectivity index (χ1n) is 13.1. The van der Waals surface area contributed by atoms with Gasteiger partial charge in [-0.05, 0) is 66.1 Å². The molecule has 6 nitrogen and oxygen atoms in total. The summed E-state index contributed by atoms with van der Waals surface area (Å²) in [5.41, 5.74) is 4.03. The van der Waals surface area contributed by atoms with Crippen molar-refractivity contribution in [2.24, 2.45) is 0 Å². The Kier molecular flexibility index (Phi) is 6.79. The number of aryl methyl sites for hydroxylation is 1. The molecule has 4 aromatic rings. The molecule has 0 radical (unpaired) electrons. The van der Waals surface area contributed by atoms with E-state index in [1.165, 1.54) is 0 Å². The summed E-state index contributed by atoms with van der Waals surface area (Å²) in [6.45, 7) is 0.538. The summed E-state index contributed by atoms with van der Waals surface area (Å²) < 4.78 is 0. The van der Waals surface area contributed by atoms with Crippen molar-refractivity contribution >= 4 is 29.1 Å². The van der Waals surface area contributed by atoms with Crippen LogP contribution in [-0.4, -0.2) is 32.4 Å². The number of benzene rings is 3. The monoisotopic (exact) mass is 559 g/mol. The topological polar surface area (TPSA) is 86.3 Å². The smallest absolute Gasteiger partial charge is 0.256 e. The maximum absolute atomic E-state index is 13.4. The minimum Gasteiger partial charge on any atom is -0.378 e. The van der Waals surface area contributed by atoms with E-state index in [2.05, 4.69) is 17.1 Å². The van der Waals surface area contributed by atoms with Crippen LogP contribution in [-0.2, 0) is 23.2 Å². The summed E-state index contributed by atoms with van der Waals surface area (Å²) in [5, 5.41) is 11.9. The van der Waals surface area contributed by atoms with E-state index in [0.29, 0.717) is 46.4 Å². The molecule has 3 aromatic carbocycles. The Bertz CT molecular complexity index is 1620. The third-order valence-electron chi connectivity index (χ3n) is 7.82. The highest BCUT2D eigenvalue weighted by molar-refractivity contribution is 6.42. The SMILES string of the molecule is O=C(C(O)c1cccc(-c2ccc(Cl)c(Cl)c2)c1)N1CCCc2nc(C3(c4ccccc4)CC3)[nH]c(=O)c2C1. The molecule has 1 atom stereocenters. The zero-order valence-electron chi connectivity index (χ0n) is 21.2. The molecular weight excluding hydrogens is 533 g/mol. The van der Waals surface area contributed by atoms with Gasteiger partial charge in [0.25, 0.3) is 11.5 Å². The van der Waals surface area contributed by atoms with Gasteiger partial charge in [-0.2, -0.15) is 0 Å². The molecule has 1 fully saturated rings. The predicted octanol–water partition coefficient (Wildman–Crippen LogP) is 5.83. The number of hydrogen-bond donors (Lipinski definition) is 2. The Hall–Kier alpha value is -3.45. The van der Waals surface area contributed by atoms with Crippen LogP contribution in [0.3, 0.4) is 0 Å². The number of H-pyrrole nitrogens is 1. The van der Waals surface area contributed by atoms with Gasteiger partial charge in [0.2, 0.25) is 0 Å². The number of carbonyl (C=O) groups excluding carboxylic acids is 1. The van der Waals surface area contributed by atoms with Gasteiger partial charge in [0.05, 0.1) is 33.3 Å². The van der Waals surface area contributed by atoms with Crippen LogP contribution in [0.4, 0.5) is 0 Å². The molecule has 0 saturated heterocycles. The van der Waals surface area contributed by atoms with Gasteiger partial charge < -0.3 is 15.0 Å². The van der Waals surface area contributed by atoms with Crippen LogP contribution in [0, 0.1) is 0 Å². The molecule has 1 aliphatic heterocycles. The Morgan fingerprint density at radius 1 is 0.974 bits per heavy atom. The van der Waals surface area contributed by atoms with Crippen LogP contribution in [0.5, 0.6) is 0 Å². The maximum Gasteiger partial charge on any atom is 0.256 e. The van der Waals surface area contributed by atoms with Crippen molar-refractivity contribution in [1.82, 2.24) is 14.9 Å². The van der Waals surface area contributed by atoms with Gasteiger partial charge in [-0.15, -0.1) is 0 Å². The van der Waals surface area contributed by atoms with E-state index in [1.807, 2.05) is 30.3 Å². The summed E-state index contributed by atoms with van der Waals surface area (Å²) in [7, 11) is 0. The number of nitrogens with zero attached hydrogens (tertiary/aromatic N) is 2. The second kappa shape index (κ2) is 10.3. The number of aromatic nitrogens is 2. The van der Waals surface area contributed by atoms with Crippen LogP contribution in [0.15, 0.2) is 77.6 Å². The van der Waals surface area contributed by atoms with E-state index in [9.17, 15) is 14.7 Å². The highest BCUT2D eigenvalue weighted by atomic mass is 35.5. The highest BCUT2D eigenvalue weighted by Crippen LogP contribution is 2.52. The van der Waals surface area contributed by atoms with E-state index in [0.717, 1.165) is 35.2 Å². The van der Waals surface area contributed by atoms with E-state index >= 15 is 0 Å². The summed E-state index contributed by atoms with van der Waals surface area (Å²) in [6, 6.07) is 22.6. The van der Waals surface area contributed by atoms with Crippen molar-refractivity contribution in [2.45, 2.75) is 43.7 Å². The molecule has 198 valence electrons. The zero-order valence-corrected chi connectivity index (χ0v) is 22.7. The fourth-order valence-corrected chi connectivity index (χ4v) is 5.76. The lowest BCUT2D eigenvalue weighted by Gasteiger charge is -2.24. The van der Waals surface area contributed by atoms with Crippen LogP contribution in [0.2, 0.25) is 10.0 Å². The third-order valence-corrected chi connectivity index (χ3v) is 8.56. The van der Waals surface area contributed by atoms with Crippen LogP contribution >= 0.6 is 23.2 Å². The van der Waals surface area contributed by atoms with Crippen molar-refractivity contribution < 1.29 is 9.90 Å². The number of fused-ring (bicyclic) bond motifs is 1. The normalized spacial score (nSPS) is 16.7. The Balaban J connectivity index is 1.25. The predicted molar refractivity (Wildman–Crippen MR) is 152 cm³/mol. The van der Waals surface area contributed by atoms with Gasteiger partial charge in [-0.25, -0.2) is 4.98 Å². The number of aromatic amines is 1. The average Bonchev–Trinajstić information content (AvgIpc) is 3.79. The first-order valence-corrected chi connectivity index (χ1v) is 13.8. The van der Waals surface area contributed by atoms with Crippen molar-refractivity contribution in [1.29, 1.82) is 0 Å². The molecule has 1 aromatic heterocycles. The lowest BCUT2D eigenvalue weighted by Crippen LogP contribution is -2.36. The molecule has 2 heterocycles. The lowest BCUT2D eigenvalue weighted by molar-refractivity contribution is -0.141. The number of rotatable bonds is 5. The molecule has 1 aliphatic carbocycles. The maximum atomic E-state index is 13.4. The van der Waals surface area contributed by atoms with Crippen LogP contribution < -0.4 is 5.56 Å². The number of carbonyl (C=O) groups is 1. The fraction of sp³-hybridized carbons (Fsp3) is 0.258. The van der Waals surface area contributed by atoms with E-state index in [1.54, 1.807) is 35.2 Å². The first kappa shape index (κ1) is 25.8. The second-order valence-corrected chi connectivity index (χ2v) is 11.1. The van der Waals surface area contributed by atoms with Crippen molar-refractivity contribution in [3.8, 4) is 11.1 Å². The molecule has 6 rings (SSSR count). The summed E-state index contributed by atoms with van der Waals surface area (Å²) in [5.74, 6) is 0.261. The van der Waals surface area contributed by atoms with Crippen molar-refractivity contribution in [3.63, 3.8) is 0 Å². The quantitative estimate of drug-likeness (QED) is 0.322. The molecule has 2 N–H and O–H groups in total. The summed E-state index contributed by atoms with van der Waals surface area (Å²) in [4.78, 5) is 36.2. The third kappa shape index (κ3) is 4.89. The number of hydrogen-bond acceptors (Lipinski definition) is 4. The van der Waals surface area contributed by atoms with Crippen LogP contribution in [0.25, 0.3) is 11.1 Å². The molecule has 1 saturated carbocycles. The second-order valence-electron chi connectivity index (χ2n) is 10.3. The standard InChI is InChI=1S/C31H27Cl2N3O3/c32-24-12-11-20(17-25(24)33)19-6-4-7-21(16-19)27(37)29(39)36-15-5-10-26-23(18-36)28(38)35-30(34-26)31(13-14-31)22-8-2-1-3-9-22/h1-4,6-9,11-12,16-17,27,37H,5,10,13-15,18H2,(H,34,35,38). The van der Waals surface area contributed by atoms with Crippen LogP contribution in [0.1, 0.15) is 53.6 Å². The first-order chi connectivity index (χ1) is 18.9. The molecule has 39 heavy (non-hydrogen) atoms. The number of nitrogens with one attached hydrogen (secondary N) is 1. The zero-order chi connectivity index (χ0) is 27.1. The Labute approximate surface area is 236 Å². The van der Waals surface area contributed by atoms with Gasteiger partial charge in [0, 0.05) is 6.54 Å².